The monoisotopic (exact) mass is 335 g/mol. The van der Waals surface area contributed by atoms with E-state index in [0.29, 0.717) is 32.1 Å². The van der Waals surface area contributed by atoms with Gasteiger partial charge in [-0.25, -0.2) is 4.98 Å². The molecule has 3 rings (SSSR count). The number of amides is 1. The molecule has 1 saturated heterocycles. The maximum atomic E-state index is 12.4. The lowest BCUT2D eigenvalue weighted by atomic mass is 10.1. The molecule has 1 unspecified atom stereocenters. The molecule has 0 saturated carbocycles. The summed E-state index contributed by atoms with van der Waals surface area (Å²) in [5.74, 6) is 0.382. The topological polar surface area (TPSA) is 78.5 Å². The molecule has 1 atom stereocenters. The summed E-state index contributed by atoms with van der Waals surface area (Å²) in [4.78, 5) is 21.9. The van der Waals surface area contributed by atoms with Crippen molar-refractivity contribution in [1.29, 1.82) is 0 Å². The van der Waals surface area contributed by atoms with E-state index in [9.17, 15) is 9.90 Å². The number of nitrogens with zero attached hydrogens (tertiary/aromatic N) is 2. The fourth-order valence-corrected chi connectivity index (χ4v) is 3.39. The van der Waals surface area contributed by atoms with Crippen LogP contribution in [-0.4, -0.2) is 64.5 Å². The third-order valence-electron chi connectivity index (χ3n) is 3.90. The highest BCUT2D eigenvalue weighted by Crippen LogP contribution is 2.21. The first-order valence-corrected chi connectivity index (χ1v) is 8.70. The molecule has 6 nitrogen and oxygen atoms in total. The van der Waals surface area contributed by atoms with Crippen molar-refractivity contribution in [3.63, 3.8) is 0 Å². The Morgan fingerprint density at radius 2 is 2.43 bits per heavy atom. The molecule has 1 aliphatic rings. The zero-order valence-corrected chi connectivity index (χ0v) is 13.9. The molecule has 2 heterocycles. The molecule has 2 aromatic rings. The number of benzene rings is 1. The summed E-state index contributed by atoms with van der Waals surface area (Å²) in [5.41, 5.74) is 3.07. The van der Waals surface area contributed by atoms with Gasteiger partial charge in [-0.1, -0.05) is 17.8 Å². The molecule has 1 amide bonds. The van der Waals surface area contributed by atoms with Crippen molar-refractivity contribution in [2.45, 2.75) is 12.1 Å². The van der Waals surface area contributed by atoms with Gasteiger partial charge in [0.05, 0.1) is 30.0 Å². The van der Waals surface area contributed by atoms with Crippen LogP contribution in [0.3, 0.4) is 0 Å². The van der Waals surface area contributed by atoms with Gasteiger partial charge in [-0.05, 0) is 24.6 Å². The number of aryl methyl sites for hydroxylation is 1. The number of nitrogens with one attached hydrogen (secondary N) is 1. The van der Waals surface area contributed by atoms with Crippen molar-refractivity contribution < 1.29 is 14.6 Å². The molecule has 23 heavy (non-hydrogen) atoms. The fourth-order valence-electron chi connectivity index (χ4n) is 2.61. The highest BCUT2D eigenvalue weighted by Gasteiger charge is 2.22. The molecule has 124 valence electrons. The van der Waals surface area contributed by atoms with E-state index in [0.717, 1.165) is 16.2 Å². The van der Waals surface area contributed by atoms with Crippen molar-refractivity contribution in [2.24, 2.45) is 5.92 Å². The SMILES string of the molecule is Cc1ccc2nc(SCC(=O)N3CCOCC(CO)C3)[nH]c2c1. The number of aromatic amines is 1. The molecular weight excluding hydrogens is 314 g/mol. The van der Waals surface area contributed by atoms with Crippen molar-refractivity contribution in [3.05, 3.63) is 23.8 Å². The van der Waals surface area contributed by atoms with Crippen molar-refractivity contribution in [1.82, 2.24) is 14.9 Å². The van der Waals surface area contributed by atoms with Crippen LogP contribution in [0.4, 0.5) is 0 Å². The van der Waals surface area contributed by atoms with Crippen LogP contribution in [0.25, 0.3) is 11.0 Å². The van der Waals surface area contributed by atoms with Crippen LogP contribution in [-0.2, 0) is 9.53 Å². The number of carbonyl (C=O) groups excluding carboxylic acids is 1. The first-order valence-electron chi connectivity index (χ1n) is 7.71. The van der Waals surface area contributed by atoms with E-state index in [1.807, 2.05) is 25.1 Å². The predicted molar refractivity (Wildman–Crippen MR) is 89.5 cm³/mol. The smallest absolute Gasteiger partial charge is 0.233 e. The van der Waals surface area contributed by atoms with Gasteiger partial charge < -0.3 is 19.7 Å². The van der Waals surface area contributed by atoms with Crippen LogP contribution in [0, 0.1) is 12.8 Å². The van der Waals surface area contributed by atoms with Crippen molar-refractivity contribution in [2.75, 3.05) is 38.7 Å². The Hall–Kier alpha value is -1.57. The van der Waals surface area contributed by atoms with E-state index in [1.165, 1.54) is 17.3 Å². The van der Waals surface area contributed by atoms with Gasteiger partial charge in [0.25, 0.3) is 0 Å². The second-order valence-corrected chi connectivity index (χ2v) is 6.78. The number of aliphatic hydroxyl groups excluding tert-OH is 1. The molecule has 0 aliphatic carbocycles. The van der Waals surface area contributed by atoms with Crippen molar-refractivity contribution >= 4 is 28.7 Å². The Labute approximate surface area is 139 Å². The van der Waals surface area contributed by atoms with Crippen LogP contribution in [0.2, 0.25) is 0 Å². The van der Waals surface area contributed by atoms with Crippen molar-refractivity contribution in [3.8, 4) is 0 Å². The Morgan fingerprint density at radius 1 is 1.57 bits per heavy atom. The van der Waals surface area contributed by atoms with Gasteiger partial charge in [0.1, 0.15) is 0 Å². The number of ether oxygens (including phenoxy) is 1. The van der Waals surface area contributed by atoms with Gasteiger partial charge >= 0.3 is 0 Å². The van der Waals surface area contributed by atoms with Gasteiger partial charge in [0, 0.05) is 25.6 Å². The number of aromatic nitrogens is 2. The van der Waals surface area contributed by atoms with E-state index in [2.05, 4.69) is 9.97 Å². The second-order valence-electron chi connectivity index (χ2n) is 5.81. The molecule has 0 radical (unpaired) electrons. The number of carbonyl (C=O) groups is 1. The first kappa shape index (κ1) is 16.3. The molecule has 0 spiro atoms. The maximum absolute atomic E-state index is 12.4. The third-order valence-corrected chi connectivity index (χ3v) is 4.75. The van der Waals surface area contributed by atoms with Crippen LogP contribution >= 0.6 is 11.8 Å². The van der Waals surface area contributed by atoms with E-state index < -0.39 is 0 Å². The molecule has 1 fully saturated rings. The molecule has 0 bridgehead atoms. The largest absolute Gasteiger partial charge is 0.396 e. The lowest BCUT2D eigenvalue weighted by Gasteiger charge is -2.22. The van der Waals surface area contributed by atoms with Crippen LogP contribution < -0.4 is 0 Å². The summed E-state index contributed by atoms with van der Waals surface area (Å²) in [7, 11) is 0. The summed E-state index contributed by atoms with van der Waals surface area (Å²) in [6, 6.07) is 6.05. The lowest BCUT2D eigenvalue weighted by molar-refractivity contribution is -0.128. The highest BCUT2D eigenvalue weighted by atomic mass is 32.2. The van der Waals surface area contributed by atoms with Crippen LogP contribution in [0.1, 0.15) is 5.56 Å². The summed E-state index contributed by atoms with van der Waals surface area (Å²) < 4.78 is 5.41. The van der Waals surface area contributed by atoms with E-state index >= 15 is 0 Å². The van der Waals surface area contributed by atoms with E-state index in [1.54, 1.807) is 4.90 Å². The lowest BCUT2D eigenvalue weighted by Crippen LogP contribution is -2.37. The number of imidazole rings is 1. The zero-order chi connectivity index (χ0) is 16.2. The highest BCUT2D eigenvalue weighted by molar-refractivity contribution is 7.99. The van der Waals surface area contributed by atoms with Crippen LogP contribution in [0.5, 0.6) is 0 Å². The number of thioether (sulfide) groups is 1. The number of aliphatic hydroxyl groups is 1. The van der Waals surface area contributed by atoms with Gasteiger partial charge in [0.15, 0.2) is 5.16 Å². The Bertz CT molecular complexity index is 688. The molecular formula is C16H21N3O3S. The predicted octanol–water partition coefficient (Wildman–Crippen LogP) is 1.43. The summed E-state index contributed by atoms with van der Waals surface area (Å²) in [5, 5.41) is 10.0. The van der Waals surface area contributed by atoms with Gasteiger partial charge in [-0.2, -0.15) is 0 Å². The average Bonchev–Trinajstić information content (AvgIpc) is 2.79. The molecule has 1 aromatic carbocycles. The third kappa shape index (κ3) is 4.04. The van der Waals surface area contributed by atoms with Gasteiger partial charge in [-0.15, -0.1) is 0 Å². The minimum absolute atomic E-state index is 0.000580. The molecule has 7 heteroatoms. The summed E-state index contributed by atoms with van der Waals surface area (Å²) in [6.45, 7) is 4.24. The van der Waals surface area contributed by atoms with Crippen LogP contribution in [0.15, 0.2) is 23.4 Å². The standard InChI is InChI=1S/C16H21N3O3S/c1-11-2-3-13-14(6-11)18-16(17-13)23-10-15(21)19-4-5-22-9-12(7-19)8-20/h2-3,6,12,20H,4-5,7-10H2,1H3,(H,17,18). The Kier molecular flexibility index (Phi) is 5.20. The van der Waals surface area contributed by atoms with Gasteiger partial charge in [-0.3, -0.25) is 4.79 Å². The number of hydrogen-bond acceptors (Lipinski definition) is 5. The summed E-state index contributed by atoms with van der Waals surface area (Å²) in [6.07, 6.45) is 0. The first-order chi connectivity index (χ1) is 11.2. The molecule has 1 aliphatic heterocycles. The average molecular weight is 335 g/mol. The normalized spacial score (nSPS) is 19.0. The zero-order valence-electron chi connectivity index (χ0n) is 13.1. The fraction of sp³-hybridized carbons (Fsp3) is 0.500. The Balaban J connectivity index is 1.60. The van der Waals surface area contributed by atoms with E-state index in [4.69, 9.17) is 4.74 Å². The van der Waals surface area contributed by atoms with E-state index in [-0.39, 0.29) is 18.4 Å². The minimum Gasteiger partial charge on any atom is -0.396 e. The van der Waals surface area contributed by atoms with Gasteiger partial charge in [0.2, 0.25) is 5.91 Å². The summed E-state index contributed by atoms with van der Waals surface area (Å²) >= 11 is 1.41. The number of rotatable bonds is 4. The maximum Gasteiger partial charge on any atom is 0.233 e. The minimum atomic E-state index is 0.000580. The number of H-pyrrole nitrogens is 1. The molecule has 2 N–H and O–H groups in total. The molecule has 1 aromatic heterocycles. The number of fused-ring (bicyclic) bond motifs is 1. The quantitative estimate of drug-likeness (QED) is 0.827. The number of hydrogen-bond donors (Lipinski definition) is 2. The second kappa shape index (κ2) is 7.33. The Morgan fingerprint density at radius 3 is 3.26 bits per heavy atom.